The fraction of sp³-hybridized carbons (Fsp3) is 0.375. The quantitative estimate of drug-likeness (QED) is 0.300. The second-order valence-electron chi connectivity index (χ2n) is 4.53. The van der Waals surface area contributed by atoms with Crippen molar-refractivity contribution < 1.29 is 29.6 Å². The molecule has 1 aromatic rings. The van der Waals surface area contributed by atoms with Crippen molar-refractivity contribution in [3.05, 3.63) is 41.4 Å². The summed E-state index contributed by atoms with van der Waals surface area (Å²) in [5.74, 6) is -2.79. The SMILES string of the molecule is C=CCc1cc(Cl)ccc1OCCCNCCO.O=C(O)C(=O)O. The van der Waals surface area contributed by atoms with Crippen LogP contribution in [-0.2, 0) is 16.0 Å². The van der Waals surface area contributed by atoms with E-state index < -0.39 is 11.9 Å². The molecule has 0 amide bonds. The van der Waals surface area contributed by atoms with Gasteiger partial charge in [-0.1, -0.05) is 17.7 Å². The number of ether oxygens (including phenoxy) is 1. The lowest BCUT2D eigenvalue weighted by Gasteiger charge is -2.11. The summed E-state index contributed by atoms with van der Waals surface area (Å²) in [5, 5.41) is 27.2. The van der Waals surface area contributed by atoms with Crippen LogP contribution in [0, 0.1) is 0 Å². The molecule has 0 aliphatic rings. The number of hydrogen-bond acceptors (Lipinski definition) is 5. The van der Waals surface area contributed by atoms with Crippen LogP contribution in [-0.4, -0.2) is 53.6 Å². The van der Waals surface area contributed by atoms with E-state index in [4.69, 9.17) is 41.2 Å². The molecule has 4 N–H and O–H groups in total. The van der Waals surface area contributed by atoms with E-state index in [9.17, 15) is 0 Å². The van der Waals surface area contributed by atoms with Crippen LogP contribution in [0.2, 0.25) is 5.02 Å². The highest BCUT2D eigenvalue weighted by molar-refractivity contribution is 6.30. The maximum Gasteiger partial charge on any atom is 0.414 e. The molecule has 0 aromatic heterocycles. The third kappa shape index (κ3) is 10.6. The van der Waals surface area contributed by atoms with Crippen molar-refractivity contribution in [3.63, 3.8) is 0 Å². The van der Waals surface area contributed by atoms with Crippen LogP contribution in [0.25, 0.3) is 0 Å². The summed E-state index contributed by atoms with van der Waals surface area (Å²) in [6, 6.07) is 5.62. The number of halogens is 1. The molecule has 0 saturated carbocycles. The zero-order valence-electron chi connectivity index (χ0n) is 13.2. The monoisotopic (exact) mass is 359 g/mol. The molecule has 7 nitrogen and oxygen atoms in total. The first-order valence-corrected chi connectivity index (χ1v) is 7.60. The van der Waals surface area contributed by atoms with Crippen molar-refractivity contribution in [2.75, 3.05) is 26.3 Å². The highest BCUT2D eigenvalue weighted by Crippen LogP contribution is 2.23. The van der Waals surface area contributed by atoms with Gasteiger partial charge in [0.2, 0.25) is 0 Å². The summed E-state index contributed by atoms with van der Waals surface area (Å²) in [4.78, 5) is 18.2. The summed E-state index contributed by atoms with van der Waals surface area (Å²) >= 11 is 5.95. The van der Waals surface area contributed by atoms with E-state index in [1.54, 1.807) is 0 Å². The van der Waals surface area contributed by atoms with Crippen molar-refractivity contribution in [2.24, 2.45) is 0 Å². The normalized spacial score (nSPS) is 9.58. The van der Waals surface area contributed by atoms with Crippen LogP contribution in [0.15, 0.2) is 30.9 Å². The number of carboxylic acids is 2. The Kier molecular flexibility index (Phi) is 12.2. The highest BCUT2D eigenvalue weighted by Gasteiger charge is 2.04. The van der Waals surface area contributed by atoms with Gasteiger partial charge in [-0.3, -0.25) is 0 Å². The standard InChI is InChI=1S/C14H20ClNO2.C2H2O4/c1-2-4-12-11-13(15)5-6-14(12)18-10-3-7-16-8-9-17;3-1(4)2(5)6/h2,5-6,11,16-17H,1,3-4,7-10H2;(H,3,4)(H,5,6). The van der Waals surface area contributed by atoms with E-state index in [-0.39, 0.29) is 6.61 Å². The fourth-order valence-electron chi connectivity index (χ4n) is 1.59. The predicted molar refractivity (Wildman–Crippen MR) is 90.7 cm³/mol. The first kappa shape index (κ1) is 21.9. The molecular formula is C16H22ClNO6. The third-order valence-electron chi connectivity index (χ3n) is 2.61. The van der Waals surface area contributed by atoms with Crippen molar-refractivity contribution in [1.82, 2.24) is 5.32 Å². The third-order valence-corrected chi connectivity index (χ3v) is 2.85. The summed E-state index contributed by atoms with van der Waals surface area (Å²) in [5.41, 5.74) is 1.06. The van der Waals surface area contributed by atoms with Gasteiger partial charge in [-0.15, -0.1) is 6.58 Å². The molecule has 8 heteroatoms. The number of nitrogens with one attached hydrogen (secondary N) is 1. The number of aliphatic carboxylic acids is 2. The molecule has 0 radical (unpaired) electrons. The molecule has 0 atom stereocenters. The van der Waals surface area contributed by atoms with Crippen molar-refractivity contribution in [3.8, 4) is 5.75 Å². The molecule has 0 aliphatic heterocycles. The Balaban J connectivity index is 0.000000754. The topological polar surface area (TPSA) is 116 Å². The van der Waals surface area contributed by atoms with Gasteiger partial charge in [0.1, 0.15) is 5.75 Å². The van der Waals surface area contributed by atoms with E-state index in [1.165, 1.54) is 0 Å². The van der Waals surface area contributed by atoms with E-state index in [0.717, 1.165) is 30.7 Å². The number of rotatable bonds is 9. The van der Waals surface area contributed by atoms with Crippen molar-refractivity contribution in [1.29, 1.82) is 0 Å². The van der Waals surface area contributed by atoms with Crippen LogP contribution in [0.3, 0.4) is 0 Å². The minimum Gasteiger partial charge on any atom is -0.493 e. The molecule has 0 saturated heterocycles. The number of benzene rings is 1. The molecule has 24 heavy (non-hydrogen) atoms. The first-order chi connectivity index (χ1) is 11.4. The fourth-order valence-corrected chi connectivity index (χ4v) is 1.78. The number of hydrogen-bond donors (Lipinski definition) is 4. The largest absolute Gasteiger partial charge is 0.493 e. The predicted octanol–water partition coefficient (Wildman–Crippen LogP) is 1.57. The molecule has 0 heterocycles. The van der Waals surface area contributed by atoms with Gasteiger partial charge in [0.15, 0.2) is 0 Å². The lowest BCUT2D eigenvalue weighted by atomic mass is 10.1. The maximum atomic E-state index is 9.10. The summed E-state index contributed by atoms with van der Waals surface area (Å²) in [7, 11) is 0. The Morgan fingerprint density at radius 1 is 1.25 bits per heavy atom. The maximum absolute atomic E-state index is 9.10. The van der Waals surface area contributed by atoms with Crippen LogP contribution < -0.4 is 10.1 Å². The smallest absolute Gasteiger partial charge is 0.414 e. The van der Waals surface area contributed by atoms with Gasteiger partial charge in [-0.05, 0) is 43.1 Å². The van der Waals surface area contributed by atoms with Crippen molar-refractivity contribution in [2.45, 2.75) is 12.8 Å². The molecule has 0 spiro atoms. The first-order valence-electron chi connectivity index (χ1n) is 7.22. The van der Waals surface area contributed by atoms with Gasteiger partial charge in [-0.2, -0.15) is 0 Å². The van der Waals surface area contributed by atoms with Gasteiger partial charge in [0, 0.05) is 11.6 Å². The van der Waals surface area contributed by atoms with Crippen molar-refractivity contribution >= 4 is 23.5 Å². The van der Waals surface area contributed by atoms with E-state index in [2.05, 4.69) is 11.9 Å². The van der Waals surface area contributed by atoms with E-state index in [1.807, 2.05) is 24.3 Å². The van der Waals surface area contributed by atoms with Gasteiger partial charge in [0.05, 0.1) is 13.2 Å². The minimum absolute atomic E-state index is 0.168. The van der Waals surface area contributed by atoms with Gasteiger partial charge in [0.25, 0.3) is 0 Å². The van der Waals surface area contributed by atoms with Crippen LogP contribution >= 0.6 is 11.6 Å². The van der Waals surface area contributed by atoms with Gasteiger partial charge < -0.3 is 25.4 Å². The van der Waals surface area contributed by atoms with Gasteiger partial charge in [-0.25, -0.2) is 9.59 Å². The molecule has 0 aliphatic carbocycles. The Bertz CT molecular complexity index is 523. The number of carboxylic acid groups (broad SMARTS) is 2. The summed E-state index contributed by atoms with van der Waals surface area (Å²) < 4.78 is 5.72. The van der Waals surface area contributed by atoms with E-state index >= 15 is 0 Å². The lowest BCUT2D eigenvalue weighted by molar-refractivity contribution is -0.159. The molecule has 0 fully saturated rings. The summed E-state index contributed by atoms with van der Waals surface area (Å²) in [6.45, 7) is 6.00. The minimum atomic E-state index is -1.82. The number of aliphatic hydroxyl groups excluding tert-OH is 1. The van der Waals surface area contributed by atoms with Gasteiger partial charge >= 0.3 is 11.9 Å². The zero-order chi connectivity index (χ0) is 18.4. The number of allylic oxidation sites excluding steroid dienone is 1. The molecule has 1 aromatic carbocycles. The second kappa shape index (κ2) is 13.4. The Labute approximate surface area is 145 Å². The van der Waals surface area contributed by atoms with E-state index in [0.29, 0.717) is 18.2 Å². The molecule has 1 rings (SSSR count). The van der Waals surface area contributed by atoms with Crippen LogP contribution in [0.1, 0.15) is 12.0 Å². The number of aliphatic hydroxyl groups is 1. The molecule has 0 unspecified atom stereocenters. The Morgan fingerprint density at radius 3 is 2.46 bits per heavy atom. The Morgan fingerprint density at radius 2 is 1.92 bits per heavy atom. The Hall–Kier alpha value is -2.09. The second-order valence-corrected chi connectivity index (χ2v) is 4.97. The molecular weight excluding hydrogens is 338 g/mol. The molecule has 0 bridgehead atoms. The van der Waals surface area contributed by atoms with Crippen LogP contribution in [0.4, 0.5) is 0 Å². The van der Waals surface area contributed by atoms with Crippen LogP contribution in [0.5, 0.6) is 5.75 Å². The lowest BCUT2D eigenvalue weighted by Crippen LogP contribution is -2.20. The zero-order valence-corrected chi connectivity index (χ0v) is 14.0. The average Bonchev–Trinajstić information content (AvgIpc) is 2.53. The summed E-state index contributed by atoms with van der Waals surface area (Å²) in [6.07, 6.45) is 3.48. The average molecular weight is 360 g/mol. The number of carbonyl (C=O) groups is 2. The molecule has 134 valence electrons. The highest BCUT2D eigenvalue weighted by atomic mass is 35.5.